The summed E-state index contributed by atoms with van der Waals surface area (Å²) in [5.74, 6) is -0.268. The minimum absolute atomic E-state index is 0.182. The number of hydrogen-bond donors (Lipinski definition) is 1. The van der Waals surface area contributed by atoms with Crippen LogP contribution in [0, 0.1) is 19.7 Å². The number of ether oxygens (including phenoxy) is 1. The Morgan fingerprint density at radius 1 is 1.14 bits per heavy atom. The fraction of sp³-hybridized carbons (Fsp3) is 0.364. The summed E-state index contributed by atoms with van der Waals surface area (Å²) < 4.78 is 18.9. The minimum atomic E-state index is -0.634. The van der Waals surface area contributed by atoms with Crippen LogP contribution in [0.3, 0.4) is 0 Å². The first-order valence-corrected chi connectivity index (χ1v) is 9.31. The molecule has 0 saturated carbocycles. The summed E-state index contributed by atoms with van der Waals surface area (Å²) in [7, 11) is 1.54. The molecule has 2 rings (SSSR count). The van der Waals surface area contributed by atoms with Crippen LogP contribution in [0.2, 0.25) is 0 Å². The average molecular weight is 386 g/mol. The first-order valence-electron chi connectivity index (χ1n) is 9.31. The van der Waals surface area contributed by atoms with Crippen molar-refractivity contribution >= 4 is 11.8 Å². The maximum Gasteiger partial charge on any atom is 0.261 e. The predicted octanol–water partition coefficient (Wildman–Crippen LogP) is 3.37. The number of rotatable bonds is 8. The molecule has 1 atom stereocenters. The molecule has 0 spiro atoms. The van der Waals surface area contributed by atoms with Crippen LogP contribution in [0.15, 0.2) is 42.5 Å². The molecule has 0 saturated heterocycles. The SMILES string of the molecule is CC[C@H](C(=O)NC)N(Cc1ccc(F)cc1)C(=O)COc1ccc(C)cc1C. The van der Waals surface area contributed by atoms with Crippen molar-refractivity contribution in [3.63, 3.8) is 0 Å². The lowest BCUT2D eigenvalue weighted by molar-refractivity contribution is -0.142. The highest BCUT2D eigenvalue weighted by Gasteiger charge is 2.28. The van der Waals surface area contributed by atoms with E-state index in [2.05, 4.69) is 5.32 Å². The summed E-state index contributed by atoms with van der Waals surface area (Å²) in [5.41, 5.74) is 2.79. The van der Waals surface area contributed by atoms with Gasteiger partial charge in [-0.3, -0.25) is 9.59 Å². The molecule has 2 aromatic rings. The van der Waals surface area contributed by atoms with E-state index in [-0.39, 0.29) is 30.8 Å². The second-order valence-corrected chi connectivity index (χ2v) is 6.74. The second kappa shape index (κ2) is 9.88. The fourth-order valence-electron chi connectivity index (χ4n) is 3.06. The number of carbonyl (C=O) groups excluding carboxylic acids is 2. The zero-order chi connectivity index (χ0) is 20.7. The molecule has 5 nitrogen and oxygen atoms in total. The quantitative estimate of drug-likeness (QED) is 0.757. The number of nitrogens with one attached hydrogen (secondary N) is 1. The topological polar surface area (TPSA) is 58.6 Å². The van der Waals surface area contributed by atoms with E-state index in [4.69, 9.17) is 4.74 Å². The molecule has 0 aromatic heterocycles. The van der Waals surface area contributed by atoms with Crippen LogP contribution in [0.5, 0.6) is 5.75 Å². The van der Waals surface area contributed by atoms with Crippen LogP contribution >= 0.6 is 0 Å². The average Bonchev–Trinajstić information content (AvgIpc) is 2.68. The van der Waals surface area contributed by atoms with E-state index in [1.165, 1.54) is 24.1 Å². The van der Waals surface area contributed by atoms with Gasteiger partial charge in [0.1, 0.15) is 17.6 Å². The van der Waals surface area contributed by atoms with E-state index in [1.54, 1.807) is 12.1 Å². The highest BCUT2D eigenvalue weighted by atomic mass is 19.1. The standard InChI is InChI=1S/C22H27FN2O3/c1-5-19(22(27)24-4)25(13-17-7-9-18(23)10-8-17)21(26)14-28-20-11-6-15(2)12-16(20)3/h6-12,19H,5,13-14H2,1-4H3,(H,24,27)/t19-/m1/s1. The number of aryl methyl sites for hydroxylation is 2. The number of halogens is 1. The van der Waals surface area contributed by atoms with Crippen LogP contribution in [0.25, 0.3) is 0 Å². The predicted molar refractivity (Wildman–Crippen MR) is 107 cm³/mol. The molecule has 2 aromatic carbocycles. The summed E-state index contributed by atoms with van der Waals surface area (Å²) in [6.07, 6.45) is 0.455. The van der Waals surface area contributed by atoms with E-state index >= 15 is 0 Å². The molecule has 0 aliphatic rings. The van der Waals surface area contributed by atoms with Gasteiger partial charge in [0.25, 0.3) is 5.91 Å². The number of carbonyl (C=O) groups is 2. The molecule has 0 fully saturated rings. The summed E-state index contributed by atoms with van der Waals surface area (Å²) >= 11 is 0. The minimum Gasteiger partial charge on any atom is -0.483 e. The van der Waals surface area contributed by atoms with Gasteiger partial charge in [-0.15, -0.1) is 0 Å². The van der Waals surface area contributed by atoms with Gasteiger partial charge >= 0.3 is 0 Å². The molecule has 6 heteroatoms. The monoisotopic (exact) mass is 386 g/mol. The van der Waals surface area contributed by atoms with Crippen molar-refractivity contribution in [2.24, 2.45) is 0 Å². The molecule has 2 amide bonds. The second-order valence-electron chi connectivity index (χ2n) is 6.74. The summed E-state index contributed by atoms with van der Waals surface area (Å²) in [6.45, 7) is 5.76. The van der Waals surface area contributed by atoms with E-state index in [0.29, 0.717) is 12.2 Å². The van der Waals surface area contributed by atoms with Crippen LogP contribution in [-0.4, -0.2) is 36.4 Å². The van der Waals surface area contributed by atoms with E-state index in [1.807, 2.05) is 39.0 Å². The molecule has 0 aliphatic heterocycles. The Morgan fingerprint density at radius 2 is 1.82 bits per heavy atom. The Balaban J connectivity index is 2.19. The number of hydrogen-bond acceptors (Lipinski definition) is 3. The maximum atomic E-state index is 13.2. The van der Waals surface area contributed by atoms with Crippen LogP contribution in [-0.2, 0) is 16.1 Å². The van der Waals surface area contributed by atoms with Crippen molar-refractivity contribution in [3.05, 3.63) is 65.0 Å². The zero-order valence-corrected chi connectivity index (χ0v) is 16.8. The van der Waals surface area contributed by atoms with Gasteiger partial charge in [0.15, 0.2) is 6.61 Å². The van der Waals surface area contributed by atoms with Gasteiger partial charge in [-0.1, -0.05) is 36.8 Å². The van der Waals surface area contributed by atoms with Gasteiger partial charge in [-0.2, -0.15) is 0 Å². The van der Waals surface area contributed by atoms with Gasteiger partial charge in [-0.05, 0) is 49.6 Å². The molecule has 28 heavy (non-hydrogen) atoms. The molecular weight excluding hydrogens is 359 g/mol. The Labute approximate surface area is 165 Å². The van der Waals surface area contributed by atoms with Crippen LogP contribution in [0.4, 0.5) is 4.39 Å². The summed E-state index contributed by atoms with van der Waals surface area (Å²) in [6, 6.07) is 11.0. The van der Waals surface area contributed by atoms with Crippen molar-refractivity contribution < 1.29 is 18.7 Å². The molecule has 0 aliphatic carbocycles. The van der Waals surface area contributed by atoms with Gasteiger partial charge in [0, 0.05) is 13.6 Å². The lowest BCUT2D eigenvalue weighted by atomic mass is 10.1. The molecule has 150 valence electrons. The zero-order valence-electron chi connectivity index (χ0n) is 16.8. The molecule has 0 bridgehead atoms. The van der Waals surface area contributed by atoms with E-state index < -0.39 is 6.04 Å². The maximum absolute atomic E-state index is 13.2. The smallest absolute Gasteiger partial charge is 0.261 e. The number of nitrogens with zero attached hydrogens (tertiary/aromatic N) is 1. The van der Waals surface area contributed by atoms with Gasteiger partial charge in [0.05, 0.1) is 0 Å². The molecular formula is C22H27FN2O3. The third kappa shape index (κ3) is 5.55. The van der Waals surface area contributed by atoms with E-state index in [9.17, 15) is 14.0 Å². The molecule has 0 radical (unpaired) electrons. The van der Waals surface area contributed by atoms with Crippen LogP contribution in [0.1, 0.15) is 30.0 Å². The molecule has 1 N–H and O–H groups in total. The number of benzene rings is 2. The molecule has 0 heterocycles. The van der Waals surface area contributed by atoms with Crippen molar-refractivity contribution in [3.8, 4) is 5.75 Å². The van der Waals surface area contributed by atoms with Gasteiger partial charge in [0.2, 0.25) is 5.91 Å². The first kappa shape index (κ1) is 21.4. The fourth-order valence-corrected chi connectivity index (χ4v) is 3.06. The highest BCUT2D eigenvalue weighted by molar-refractivity contribution is 5.88. The van der Waals surface area contributed by atoms with Crippen molar-refractivity contribution in [1.29, 1.82) is 0 Å². The Morgan fingerprint density at radius 3 is 2.39 bits per heavy atom. The number of likely N-dealkylation sites (N-methyl/N-ethyl adjacent to an activating group) is 1. The van der Waals surface area contributed by atoms with Crippen molar-refractivity contribution in [2.45, 2.75) is 39.8 Å². The number of amides is 2. The van der Waals surface area contributed by atoms with Gasteiger partial charge < -0.3 is 15.0 Å². The summed E-state index contributed by atoms with van der Waals surface area (Å²) in [5, 5.41) is 2.60. The Hall–Kier alpha value is -2.89. The molecule has 0 unspecified atom stereocenters. The van der Waals surface area contributed by atoms with Crippen LogP contribution < -0.4 is 10.1 Å². The Kier molecular flexibility index (Phi) is 7.55. The third-order valence-electron chi connectivity index (χ3n) is 4.58. The lowest BCUT2D eigenvalue weighted by Gasteiger charge is -2.30. The largest absolute Gasteiger partial charge is 0.483 e. The summed E-state index contributed by atoms with van der Waals surface area (Å²) in [4.78, 5) is 26.7. The first-order chi connectivity index (χ1) is 13.3. The van der Waals surface area contributed by atoms with Crippen molar-refractivity contribution in [1.82, 2.24) is 10.2 Å². The van der Waals surface area contributed by atoms with E-state index in [0.717, 1.165) is 16.7 Å². The van der Waals surface area contributed by atoms with Gasteiger partial charge in [-0.25, -0.2) is 4.39 Å². The normalized spacial score (nSPS) is 11.6. The highest BCUT2D eigenvalue weighted by Crippen LogP contribution is 2.19. The van der Waals surface area contributed by atoms with Crippen molar-refractivity contribution in [2.75, 3.05) is 13.7 Å². The lowest BCUT2D eigenvalue weighted by Crippen LogP contribution is -2.49. The Bertz CT molecular complexity index is 821. The third-order valence-corrected chi connectivity index (χ3v) is 4.58.